The predicted octanol–water partition coefficient (Wildman–Crippen LogP) is 1.73. The van der Waals surface area contributed by atoms with Crippen molar-refractivity contribution in [1.82, 2.24) is 0 Å². The molecule has 0 atom stereocenters. The molecule has 0 unspecified atom stereocenters. The van der Waals surface area contributed by atoms with Crippen molar-refractivity contribution in [2.75, 3.05) is 14.2 Å². The molecule has 0 aliphatic carbocycles. The Balaban J connectivity index is 3.26. The van der Waals surface area contributed by atoms with Crippen LogP contribution < -0.4 is 14.2 Å². The van der Waals surface area contributed by atoms with Gasteiger partial charge in [0.05, 0.1) is 14.2 Å². The highest BCUT2D eigenvalue weighted by Crippen LogP contribution is 2.38. The summed E-state index contributed by atoms with van der Waals surface area (Å²) in [6.07, 6.45) is 2.37. The fourth-order valence-electron chi connectivity index (χ4n) is 1.41. The molecule has 6 heteroatoms. The number of ether oxygens (including phenoxy) is 3. The Kier molecular flexibility index (Phi) is 4.93. The summed E-state index contributed by atoms with van der Waals surface area (Å²) in [5, 5.41) is 8.58. The van der Waals surface area contributed by atoms with E-state index in [4.69, 9.17) is 19.3 Å². The number of methoxy groups -OCH3 is 2. The van der Waals surface area contributed by atoms with E-state index >= 15 is 0 Å². The van der Waals surface area contributed by atoms with E-state index in [9.17, 15) is 9.59 Å². The standard InChI is InChI=1S/C13H14O6/c1-8(14)19-13-10(17-2)6-9(4-5-12(15)16)7-11(13)18-3/h4-7H,1-3H3,(H,15,16)/b5-4+. The van der Waals surface area contributed by atoms with Crippen LogP contribution in [0.1, 0.15) is 12.5 Å². The van der Waals surface area contributed by atoms with Gasteiger partial charge in [0.1, 0.15) is 0 Å². The molecular weight excluding hydrogens is 252 g/mol. The van der Waals surface area contributed by atoms with E-state index in [1.807, 2.05) is 0 Å². The van der Waals surface area contributed by atoms with Crippen molar-refractivity contribution in [3.63, 3.8) is 0 Å². The number of carboxylic acids is 1. The SMILES string of the molecule is COc1cc(/C=C/C(=O)O)cc(OC)c1OC(C)=O. The van der Waals surface area contributed by atoms with Gasteiger partial charge in [0.2, 0.25) is 5.75 Å². The second-order valence-corrected chi connectivity index (χ2v) is 3.52. The molecule has 1 aromatic carbocycles. The first-order valence-corrected chi connectivity index (χ1v) is 5.33. The Hall–Kier alpha value is -2.50. The first-order valence-electron chi connectivity index (χ1n) is 5.33. The molecule has 0 fully saturated rings. The van der Waals surface area contributed by atoms with E-state index < -0.39 is 11.9 Å². The van der Waals surface area contributed by atoms with Crippen LogP contribution in [0.25, 0.3) is 6.08 Å². The molecule has 0 saturated heterocycles. The second-order valence-electron chi connectivity index (χ2n) is 3.52. The van der Waals surface area contributed by atoms with E-state index in [0.29, 0.717) is 5.56 Å². The molecule has 0 radical (unpaired) electrons. The van der Waals surface area contributed by atoms with E-state index in [0.717, 1.165) is 6.08 Å². The molecule has 0 aliphatic rings. The molecule has 0 saturated carbocycles. The lowest BCUT2D eigenvalue weighted by Gasteiger charge is -2.13. The van der Waals surface area contributed by atoms with Crippen LogP contribution in [-0.4, -0.2) is 31.3 Å². The number of hydrogen-bond donors (Lipinski definition) is 1. The Morgan fingerprint density at radius 3 is 2.05 bits per heavy atom. The van der Waals surface area contributed by atoms with Gasteiger partial charge in [-0.2, -0.15) is 0 Å². The summed E-state index contributed by atoms with van der Waals surface area (Å²) >= 11 is 0. The van der Waals surface area contributed by atoms with E-state index in [1.165, 1.54) is 27.2 Å². The third kappa shape index (κ3) is 4.02. The predicted molar refractivity (Wildman–Crippen MR) is 67.5 cm³/mol. The zero-order chi connectivity index (χ0) is 14.4. The summed E-state index contributed by atoms with van der Waals surface area (Å²) < 4.78 is 15.2. The molecular formula is C13H14O6. The maximum Gasteiger partial charge on any atom is 0.328 e. The molecule has 1 N–H and O–H groups in total. The Morgan fingerprint density at radius 2 is 1.68 bits per heavy atom. The molecule has 0 amide bonds. The third-order valence-corrected chi connectivity index (χ3v) is 2.15. The lowest BCUT2D eigenvalue weighted by molar-refractivity contribution is -0.132. The van der Waals surface area contributed by atoms with Gasteiger partial charge >= 0.3 is 11.9 Å². The lowest BCUT2D eigenvalue weighted by atomic mass is 10.1. The molecule has 0 aromatic heterocycles. The van der Waals surface area contributed by atoms with Crippen LogP contribution in [0.2, 0.25) is 0 Å². The fourth-order valence-corrected chi connectivity index (χ4v) is 1.41. The minimum Gasteiger partial charge on any atom is -0.493 e. The van der Waals surface area contributed by atoms with Gasteiger partial charge in [-0.25, -0.2) is 4.79 Å². The summed E-state index contributed by atoms with van der Waals surface area (Å²) in [5.41, 5.74) is 0.548. The van der Waals surface area contributed by atoms with Crippen LogP contribution in [0, 0.1) is 0 Å². The zero-order valence-electron chi connectivity index (χ0n) is 10.8. The number of esters is 1. The van der Waals surface area contributed by atoms with Gasteiger partial charge in [0, 0.05) is 13.0 Å². The second kappa shape index (κ2) is 6.44. The summed E-state index contributed by atoms with van der Waals surface area (Å²) in [7, 11) is 2.82. The number of rotatable bonds is 5. The zero-order valence-corrected chi connectivity index (χ0v) is 10.8. The van der Waals surface area contributed by atoms with Crippen LogP contribution in [-0.2, 0) is 9.59 Å². The summed E-state index contributed by atoms with van der Waals surface area (Å²) in [5.74, 6) is -0.864. The molecule has 0 spiro atoms. The first-order chi connectivity index (χ1) is 8.97. The van der Waals surface area contributed by atoms with Gasteiger partial charge in [-0.3, -0.25) is 4.79 Å². The molecule has 102 valence electrons. The number of benzene rings is 1. The number of carbonyl (C=O) groups is 2. The fraction of sp³-hybridized carbons (Fsp3) is 0.231. The number of hydrogen-bond acceptors (Lipinski definition) is 5. The molecule has 0 heterocycles. The monoisotopic (exact) mass is 266 g/mol. The summed E-state index contributed by atoms with van der Waals surface area (Å²) in [6.45, 7) is 1.26. The quantitative estimate of drug-likeness (QED) is 0.496. The molecule has 1 rings (SSSR count). The minimum atomic E-state index is -1.07. The smallest absolute Gasteiger partial charge is 0.328 e. The molecule has 0 aliphatic heterocycles. The van der Waals surface area contributed by atoms with Crippen molar-refractivity contribution in [2.24, 2.45) is 0 Å². The van der Waals surface area contributed by atoms with E-state index in [2.05, 4.69) is 0 Å². The van der Waals surface area contributed by atoms with Crippen molar-refractivity contribution >= 4 is 18.0 Å². The number of aliphatic carboxylic acids is 1. The average molecular weight is 266 g/mol. The van der Waals surface area contributed by atoms with Crippen molar-refractivity contribution in [3.8, 4) is 17.2 Å². The maximum atomic E-state index is 11.0. The van der Waals surface area contributed by atoms with Crippen LogP contribution in [0.15, 0.2) is 18.2 Å². The van der Waals surface area contributed by atoms with Gasteiger partial charge in [-0.05, 0) is 23.8 Å². The van der Waals surface area contributed by atoms with Gasteiger partial charge in [-0.15, -0.1) is 0 Å². The van der Waals surface area contributed by atoms with Crippen molar-refractivity contribution in [2.45, 2.75) is 6.92 Å². The third-order valence-electron chi connectivity index (χ3n) is 2.15. The van der Waals surface area contributed by atoms with Crippen LogP contribution in [0.4, 0.5) is 0 Å². The largest absolute Gasteiger partial charge is 0.493 e. The normalized spacial score (nSPS) is 10.3. The Bertz CT molecular complexity index is 493. The van der Waals surface area contributed by atoms with E-state index in [-0.39, 0.29) is 17.2 Å². The number of carboxylic acid groups (broad SMARTS) is 1. The number of carbonyl (C=O) groups excluding carboxylic acids is 1. The summed E-state index contributed by atoms with van der Waals surface area (Å²) in [4.78, 5) is 21.5. The van der Waals surface area contributed by atoms with Gasteiger partial charge in [0.15, 0.2) is 11.5 Å². The highest BCUT2D eigenvalue weighted by Gasteiger charge is 2.15. The van der Waals surface area contributed by atoms with Gasteiger partial charge in [-0.1, -0.05) is 0 Å². The van der Waals surface area contributed by atoms with Crippen LogP contribution in [0.5, 0.6) is 17.2 Å². The van der Waals surface area contributed by atoms with Gasteiger partial charge < -0.3 is 19.3 Å². The highest BCUT2D eigenvalue weighted by atomic mass is 16.6. The van der Waals surface area contributed by atoms with Crippen LogP contribution in [0.3, 0.4) is 0 Å². The van der Waals surface area contributed by atoms with Crippen LogP contribution >= 0.6 is 0 Å². The summed E-state index contributed by atoms with van der Waals surface area (Å²) in [6, 6.07) is 3.08. The van der Waals surface area contributed by atoms with E-state index in [1.54, 1.807) is 12.1 Å². The molecule has 6 nitrogen and oxygen atoms in total. The first kappa shape index (κ1) is 14.6. The van der Waals surface area contributed by atoms with Crippen molar-refractivity contribution in [3.05, 3.63) is 23.8 Å². The molecule has 1 aromatic rings. The lowest BCUT2D eigenvalue weighted by Crippen LogP contribution is -2.05. The average Bonchev–Trinajstić information content (AvgIpc) is 2.36. The molecule has 19 heavy (non-hydrogen) atoms. The van der Waals surface area contributed by atoms with Gasteiger partial charge in [0.25, 0.3) is 0 Å². The van der Waals surface area contributed by atoms with Crippen molar-refractivity contribution < 1.29 is 28.9 Å². The highest BCUT2D eigenvalue weighted by molar-refractivity contribution is 5.85. The topological polar surface area (TPSA) is 82.1 Å². The minimum absolute atomic E-state index is 0.157. The maximum absolute atomic E-state index is 11.0. The molecule has 0 bridgehead atoms. The van der Waals surface area contributed by atoms with Crippen molar-refractivity contribution in [1.29, 1.82) is 0 Å². The Labute approximate surface area is 110 Å². The Morgan fingerprint density at radius 1 is 1.16 bits per heavy atom.